The molecule has 0 bridgehead atoms. The van der Waals surface area contributed by atoms with E-state index in [9.17, 15) is 5.11 Å². The standard InChI is InChI=1S/C14H24O/c1-4-12-9-10(2)8-11(3)14(12)7-5-6-13(14)15/h8,11-13,15H,4-7,9H2,1-3H3/t11-,12-,13?,14-/m0/s1. The Morgan fingerprint density at radius 1 is 1.53 bits per heavy atom. The predicted octanol–water partition coefficient (Wildman–Crippen LogP) is 3.53. The normalized spacial score (nSPS) is 45.9. The fourth-order valence-electron chi connectivity index (χ4n) is 4.17. The van der Waals surface area contributed by atoms with Crippen LogP contribution in [0.1, 0.15) is 52.9 Å². The summed E-state index contributed by atoms with van der Waals surface area (Å²) in [7, 11) is 0. The Morgan fingerprint density at radius 3 is 2.80 bits per heavy atom. The topological polar surface area (TPSA) is 20.2 Å². The monoisotopic (exact) mass is 208 g/mol. The highest BCUT2D eigenvalue weighted by Crippen LogP contribution is 2.55. The number of rotatable bonds is 1. The van der Waals surface area contributed by atoms with Crippen LogP contribution in [-0.2, 0) is 0 Å². The van der Waals surface area contributed by atoms with E-state index < -0.39 is 0 Å². The van der Waals surface area contributed by atoms with Crippen molar-refractivity contribution in [2.24, 2.45) is 17.3 Å². The van der Waals surface area contributed by atoms with Crippen LogP contribution >= 0.6 is 0 Å². The van der Waals surface area contributed by atoms with Gasteiger partial charge < -0.3 is 5.11 Å². The van der Waals surface area contributed by atoms with Crippen molar-refractivity contribution in [2.75, 3.05) is 0 Å². The lowest BCUT2D eigenvalue weighted by Crippen LogP contribution is -2.44. The molecular weight excluding hydrogens is 184 g/mol. The molecule has 0 heterocycles. The van der Waals surface area contributed by atoms with Crippen molar-refractivity contribution < 1.29 is 5.11 Å². The molecule has 15 heavy (non-hydrogen) atoms. The SMILES string of the molecule is CC[C@H]1CC(C)=C[C@H](C)[C@@]12CCCC2O. The van der Waals surface area contributed by atoms with Crippen LogP contribution < -0.4 is 0 Å². The first kappa shape index (κ1) is 11.2. The summed E-state index contributed by atoms with van der Waals surface area (Å²) in [4.78, 5) is 0. The van der Waals surface area contributed by atoms with Gasteiger partial charge in [-0.25, -0.2) is 0 Å². The molecule has 1 N–H and O–H groups in total. The first-order chi connectivity index (χ1) is 7.11. The minimum atomic E-state index is -0.0539. The maximum atomic E-state index is 10.3. The third kappa shape index (κ3) is 1.56. The molecule has 4 atom stereocenters. The summed E-state index contributed by atoms with van der Waals surface area (Å²) >= 11 is 0. The summed E-state index contributed by atoms with van der Waals surface area (Å²) in [5.74, 6) is 1.27. The van der Waals surface area contributed by atoms with Gasteiger partial charge in [0.1, 0.15) is 0 Å². The molecule has 1 heteroatoms. The van der Waals surface area contributed by atoms with Crippen LogP contribution in [0.4, 0.5) is 0 Å². The summed E-state index contributed by atoms with van der Waals surface area (Å²) in [5.41, 5.74) is 1.74. The quantitative estimate of drug-likeness (QED) is 0.654. The minimum Gasteiger partial charge on any atom is -0.393 e. The maximum Gasteiger partial charge on any atom is 0.0604 e. The zero-order chi connectivity index (χ0) is 11.1. The summed E-state index contributed by atoms with van der Waals surface area (Å²) in [6.07, 6.45) is 8.24. The molecule has 1 spiro atoms. The molecule has 0 aromatic carbocycles. The predicted molar refractivity (Wildman–Crippen MR) is 63.6 cm³/mol. The molecule has 0 saturated heterocycles. The van der Waals surface area contributed by atoms with Gasteiger partial charge in [0.2, 0.25) is 0 Å². The van der Waals surface area contributed by atoms with E-state index in [-0.39, 0.29) is 11.5 Å². The molecule has 2 aliphatic carbocycles. The third-order valence-corrected chi connectivity index (χ3v) is 4.91. The van der Waals surface area contributed by atoms with E-state index in [2.05, 4.69) is 26.8 Å². The summed E-state index contributed by atoms with van der Waals surface area (Å²) < 4.78 is 0. The van der Waals surface area contributed by atoms with E-state index in [0.717, 1.165) is 6.42 Å². The van der Waals surface area contributed by atoms with Crippen LogP contribution in [0, 0.1) is 17.3 Å². The molecule has 0 aromatic heterocycles. The molecule has 2 aliphatic rings. The van der Waals surface area contributed by atoms with Gasteiger partial charge in [0.15, 0.2) is 0 Å². The van der Waals surface area contributed by atoms with Crippen molar-refractivity contribution in [3.63, 3.8) is 0 Å². The average Bonchev–Trinajstić information content (AvgIpc) is 2.56. The number of hydrogen-bond donors (Lipinski definition) is 1. The Labute approximate surface area is 93.6 Å². The lowest BCUT2D eigenvalue weighted by molar-refractivity contribution is -0.0306. The molecule has 2 rings (SSSR count). The third-order valence-electron chi connectivity index (χ3n) is 4.91. The van der Waals surface area contributed by atoms with Gasteiger partial charge in [-0.2, -0.15) is 0 Å². The first-order valence-corrected chi connectivity index (χ1v) is 6.46. The Bertz CT molecular complexity index is 269. The van der Waals surface area contributed by atoms with Crippen LogP contribution in [0.15, 0.2) is 11.6 Å². The van der Waals surface area contributed by atoms with Gasteiger partial charge in [-0.15, -0.1) is 0 Å². The smallest absolute Gasteiger partial charge is 0.0604 e. The Morgan fingerprint density at radius 2 is 2.27 bits per heavy atom. The molecule has 86 valence electrons. The average molecular weight is 208 g/mol. The molecule has 1 unspecified atom stereocenters. The fourth-order valence-corrected chi connectivity index (χ4v) is 4.17. The molecule has 1 fully saturated rings. The van der Waals surface area contributed by atoms with Gasteiger partial charge in [-0.1, -0.05) is 38.3 Å². The van der Waals surface area contributed by atoms with Gasteiger partial charge in [-0.05, 0) is 38.0 Å². The fraction of sp³-hybridized carbons (Fsp3) is 0.857. The van der Waals surface area contributed by atoms with Crippen LogP contribution in [0.25, 0.3) is 0 Å². The zero-order valence-corrected chi connectivity index (χ0v) is 10.3. The number of aliphatic hydroxyl groups is 1. The first-order valence-electron chi connectivity index (χ1n) is 6.46. The van der Waals surface area contributed by atoms with E-state index in [0.29, 0.717) is 11.8 Å². The van der Waals surface area contributed by atoms with Gasteiger partial charge in [0, 0.05) is 5.41 Å². The van der Waals surface area contributed by atoms with E-state index in [4.69, 9.17) is 0 Å². The summed E-state index contributed by atoms with van der Waals surface area (Å²) in [6, 6.07) is 0. The van der Waals surface area contributed by atoms with Crippen molar-refractivity contribution in [2.45, 2.75) is 59.0 Å². The van der Waals surface area contributed by atoms with Crippen molar-refractivity contribution in [1.82, 2.24) is 0 Å². The van der Waals surface area contributed by atoms with E-state index in [1.165, 1.54) is 31.3 Å². The second-order valence-electron chi connectivity index (χ2n) is 5.63. The highest BCUT2D eigenvalue weighted by molar-refractivity contribution is 5.16. The number of aliphatic hydroxyl groups excluding tert-OH is 1. The molecule has 0 aliphatic heterocycles. The summed E-state index contributed by atoms with van der Waals surface area (Å²) in [5, 5.41) is 10.3. The largest absolute Gasteiger partial charge is 0.393 e. The zero-order valence-electron chi connectivity index (χ0n) is 10.3. The molecule has 0 radical (unpaired) electrons. The van der Waals surface area contributed by atoms with Crippen molar-refractivity contribution in [1.29, 1.82) is 0 Å². The van der Waals surface area contributed by atoms with Crippen molar-refractivity contribution in [3.8, 4) is 0 Å². The molecule has 0 aromatic rings. The second-order valence-corrected chi connectivity index (χ2v) is 5.63. The molecular formula is C14H24O. The van der Waals surface area contributed by atoms with E-state index >= 15 is 0 Å². The molecule has 1 nitrogen and oxygen atoms in total. The number of allylic oxidation sites excluding steroid dienone is 2. The molecule has 0 amide bonds. The van der Waals surface area contributed by atoms with Gasteiger partial charge in [0.25, 0.3) is 0 Å². The van der Waals surface area contributed by atoms with Crippen LogP contribution in [0.5, 0.6) is 0 Å². The summed E-state index contributed by atoms with van der Waals surface area (Å²) in [6.45, 7) is 6.83. The van der Waals surface area contributed by atoms with Gasteiger partial charge in [0.05, 0.1) is 6.10 Å². The minimum absolute atomic E-state index is 0.0539. The lowest BCUT2D eigenvalue weighted by Gasteiger charge is -2.47. The van der Waals surface area contributed by atoms with E-state index in [1.807, 2.05) is 0 Å². The highest BCUT2D eigenvalue weighted by Gasteiger charge is 2.51. The maximum absolute atomic E-state index is 10.3. The second kappa shape index (κ2) is 3.93. The highest BCUT2D eigenvalue weighted by atomic mass is 16.3. The van der Waals surface area contributed by atoms with Crippen molar-refractivity contribution in [3.05, 3.63) is 11.6 Å². The van der Waals surface area contributed by atoms with Crippen LogP contribution in [0.3, 0.4) is 0 Å². The Kier molecular flexibility index (Phi) is 2.94. The van der Waals surface area contributed by atoms with Gasteiger partial charge >= 0.3 is 0 Å². The Hall–Kier alpha value is -0.300. The van der Waals surface area contributed by atoms with E-state index in [1.54, 1.807) is 0 Å². The van der Waals surface area contributed by atoms with Gasteiger partial charge in [-0.3, -0.25) is 0 Å². The Balaban J connectivity index is 2.35. The van der Waals surface area contributed by atoms with Crippen LogP contribution in [-0.4, -0.2) is 11.2 Å². The lowest BCUT2D eigenvalue weighted by atomic mass is 9.59. The van der Waals surface area contributed by atoms with Crippen molar-refractivity contribution >= 4 is 0 Å². The molecule has 1 saturated carbocycles. The van der Waals surface area contributed by atoms with Crippen LogP contribution in [0.2, 0.25) is 0 Å². The number of hydrogen-bond acceptors (Lipinski definition) is 1.